The van der Waals surface area contributed by atoms with E-state index in [1.807, 2.05) is 0 Å². The molecular formula is C22H32N2O5. The van der Waals surface area contributed by atoms with Crippen molar-refractivity contribution in [3.8, 4) is 5.75 Å². The summed E-state index contributed by atoms with van der Waals surface area (Å²) in [6.07, 6.45) is 2.76. The van der Waals surface area contributed by atoms with Crippen molar-refractivity contribution in [1.29, 1.82) is 0 Å². The van der Waals surface area contributed by atoms with E-state index < -0.39 is 11.4 Å². The summed E-state index contributed by atoms with van der Waals surface area (Å²) < 4.78 is 10.5. The fourth-order valence-electron chi connectivity index (χ4n) is 2.44. The topological polar surface area (TPSA) is 111 Å². The molecule has 1 aliphatic heterocycles. The maximum Gasteiger partial charge on any atom is 0.343 e. The van der Waals surface area contributed by atoms with Gasteiger partial charge in [0.1, 0.15) is 17.9 Å². The van der Waals surface area contributed by atoms with Gasteiger partial charge in [-0.3, -0.25) is 4.79 Å². The molecule has 7 nitrogen and oxygen atoms in total. The molecule has 0 aromatic heterocycles. The van der Waals surface area contributed by atoms with Crippen LogP contribution in [-0.4, -0.2) is 30.7 Å². The molecule has 0 radical (unpaired) electrons. The zero-order valence-corrected chi connectivity index (χ0v) is 18.3. The molecule has 0 bridgehead atoms. The first-order chi connectivity index (χ1) is 13.5. The Morgan fingerprint density at radius 2 is 1.90 bits per heavy atom. The molecule has 0 unspecified atom stereocenters. The van der Waals surface area contributed by atoms with Crippen LogP contribution in [0.3, 0.4) is 0 Å². The molecule has 1 heterocycles. The van der Waals surface area contributed by atoms with Gasteiger partial charge in [-0.1, -0.05) is 41.0 Å². The van der Waals surface area contributed by atoms with Crippen molar-refractivity contribution >= 4 is 23.1 Å². The second-order valence-electron chi connectivity index (χ2n) is 7.78. The van der Waals surface area contributed by atoms with Crippen LogP contribution in [0.5, 0.6) is 5.75 Å². The van der Waals surface area contributed by atoms with Crippen LogP contribution < -0.4 is 15.8 Å². The molecule has 29 heavy (non-hydrogen) atoms. The molecule has 1 aromatic rings. The highest BCUT2D eigenvalue weighted by molar-refractivity contribution is 6.06. The van der Waals surface area contributed by atoms with Crippen LogP contribution in [-0.2, 0) is 9.53 Å². The first-order valence-electron chi connectivity index (χ1n) is 9.53. The predicted molar refractivity (Wildman–Crippen MR) is 115 cm³/mol. The quantitative estimate of drug-likeness (QED) is 0.509. The number of nitrogens with one attached hydrogen (secondary N) is 1. The van der Waals surface area contributed by atoms with E-state index in [0.717, 1.165) is 0 Å². The minimum Gasteiger partial charge on any atom is -0.513 e. The SMILES string of the molecule is CCC.COC(=O)c1c(NC(=O)C(C)(C)C)ccc2c1OCC(N)=C2/C=C(\C)O. The summed E-state index contributed by atoms with van der Waals surface area (Å²) in [5, 5.41) is 12.4. The second-order valence-corrected chi connectivity index (χ2v) is 7.78. The number of aliphatic hydroxyl groups excluding tert-OH is 1. The van der Waals surface area contributed by atoms with Crippen molar-refractivity contribution in [3.05, 3.63) is 40.8 Å². The number of allylic oxidation sites excluding steroid dienone is 3. The number of esters is 1. The summed E-state index contributed by atoms with van der Waals surface area (Å²) in [6.45, 7) is 11.1. The Kier molecular flexibility index (Phi) is 8.30. The van der Waals surface area contributed by atoms with Gasteiger partial charge in [-0.15, -0.1) is 0 Å². The molecule has 7 heteroatoms. The number of methoxy groups -OCH3 is 1. The summed E-state index contributed by atoms with van der Waals surface area (Å²) in [5.41, 5.74) is 7.27. The lowest BCUT2D eigenvalue weighted by Gasteiger charge is -2.25. The largest absolute Gasteiger partial charge is 0.513 e. The van der Waals surface area contributed by atoms with Crippen LogP contribution in [0.15, 0.2) is 29.7 Å². The Bertz CT molecular complexity index is 828. The van der Waals surface area contributed by atoms with E-state index >= 15 is 0 Å². The number of rotatable bonds is 3. The van der Waals surface area contributed by atoms with Crippen molar-refractivity contribution in [2.75, 3.05) is 19.0 Å². The Morgan fingerprint density at radius 1 is 1.31 bits per heavy atom. The molecule has 2 rings (SSSR count). The molecule has 1 aromatic carbocycles. The number of carbonyl (C=O) groups is 2. The molecule has 4 N–H and O–H groups in total. The second kappa shape index (κ2) is 10.0. The summed E-state index contributed by atoms with van der Waals surface area (Å²) in [5.74, 6) is -0.568. The number of fused-ring (bicyclic) bond motifs is 1. The molecule has 0 aliphatic carbocycles. The van der Waals surface area contributed by atoms with Gasteiger partial charge in [-0.2, -0.15) is 0 Å². The predicted octanol–water partition coefficient (Wildman–Crippen LogP) is 4.40. The lowest BCUT2D eigenvalue weighted by atomic mass is 9.93. The van der Waals surface area contributed by atoms with E-state index in [4.69, 9.17) is 15.2 Å². The lowest BCUT2D eigenvalue weighted by Crippen LogP contribution is -2.29. The number of amides is 1. The van der Waals surface area contributed by atoms with Crippen LogP contribution in [0.2, 0.25) is 0 Å². The average molecular weight is 405 g/mol. The van der Waals surface area contributed by atoms with Crippen molar-refractivity contribution in [2.24, 2.45) is 11.1 Å². The monoisotopic (exact) mass is 404 g/mol. The van der Waals surface area contributed by atoms with E-state index in [9.17, 15) is 14.7 Å². The van der Waals surface area contributed by atoms with Crippen LogP contribution in [0, 0.1) is 5.41 Å². The van der Waals surface area contributed by atoms with E-state index in [2.05, 4.69) is 19.2 Å². The maximum absolute atomic E-state index is 12.4. The van der Waals surface area contributed by atoms with Gasteiger partial charge >= 0.3 is 5.97 Å². The zero-order chi connectivity index (χ0) is 22.4. The molecular weight excluding hydrogens is 372 g/mol. The fraction of sp³-hybridized carbons (Fsp3) is 0.455. The molecule has 0 saturated heterocycles. The van der Waals surface area contributed by atoms with Crippen molar-refractivity contribution in [2.45, 2.75) is 48.0 Å². The zero-order valence-electron chi connectivity index (χ0n) is 18.3. The molecule has 0 fully saturated rings. The van der Waals surface area contributed by atoms with Gasteiger partial charge in [0.15, 0.2) is 0 Å². The van der Waals surface area contributed by atoms with E-state index in [-0.39, 0.29) is 29.6 Å². The van der Waals surface area contributed by atoms with Gasteiger partial charge in [0.05, 0.1) is 24.3 Å². The number of anilines is 1. The fourth-order valence-corrected chi connectivity index (χ4v) is 2.44. The Morgan fingerprint density at radius 3 is 2.38 bits per heavy atom. The number of benzene rings is 1. The van der Waals surface area contributed by atoms with Gasteiger partial charge in [0, 0.05) is 16.6 Å². The minimum absolute atomic E-state index is 0.0484. The number of ether oxygens (including phenoxy) is 2. The first-order valence-corrected chi connectivity index (χ1v) is 9.53. The molecule has 0 atom stereocenters. The Labute approximate surface area is 172 Å². The number of hydrogen-bond acceptors (Lipinski definition) is 6. The third-order valence-corrected chi connectivity index (χ3v) is 3.84. The molecule has 160 valence electrons. The van der Waals surface area contributed by atoms with E-state index in [1.54, 1.807) is 32.9 Å². The standard InChI is InChI=1S/C19H24N2O5.C3H8/c1-10(22)8-12-11-6-7-14(21-18(24)19(2,3)4)15(17(23)25-5)16(11)26-9-13(12)20;1-3-2/h6-8,22H,9,20H2,1-5H3,(H,21,24);3H2,1-2H3/b10-8+;. The number of carbonyl (C=O) groups excluding carboxylic acids is 2. The summed E-state index contributed by atoms with van der Waals surface area (Å²) in [4.78, 5) is 24.7. The third kappa shape index (κ3) is 6.01. The number of aliphatic hydroxyl groups is 1. The highest BCUT2D eigenvalue weighted by Crippen LogP contribution is 2.40. The highest BCUT2D eigenvalue weighted by Gasteiger charge is 2.29. The molecule has 0 spiro atoms. The number of hydrogen-bond donors (Lipinski definition) is 3. The highest BCUT2D eigenvalue weighted by atomic mass is 16.5. The van der Waals surface area contributed by atoms with Crippen molar-refractivity contribution in [3.63, 3.8) is 0 Å². The maximum atomic E-state index is 12.4. The summed E-state index contributed by atoms with van der Waals surface area (Å²) >= 11 is 0. The van der Waals surface area contributed by atoms with Crippen LogP contribution in [0.1, 0.15) is 63.9 Å². The van der Waals surface area contributed by atoms with E-state index in [1.165, 1.54) is 26.5 Å². The average Bonchev–Trinajstić information content (AvgIpc) is 2.62. The molecule has 1 aliphatic rings. The van der Waals surface area contributed by atoms with Gasteiger partial charge in [-0.25, -0.2) is 4.79 Å². The third-order valence-electron chi connectivity index (χ3n) is 3.84. The summed E-state index contributed by atoms with van der Waals surface area (Å²) in [7, 11) is 1.25. The Balaban J connectivity index is 0.00000132. The van der Waals surface area contributed by atoms with Gasteiger partial charge in [0.2, 0.25) is 5.91 Å². The van der Waals surface area contributed by atoms with Crippen LogP contribution >= 0.6 is 0 Å². The van der Waals surface area contributed by atoms with Crippen LogP contribution in [0.4, 0.5) is 5.69 Å². The van der Waals surface area contributed by atoms with Gasteiger partial charge in [-0.05, 0) is 25.1 Å². The van der Waals surface area contributed by atoms with Gasteiger partial charge in [0.25, 0.3) is 0 Å². The summed E-state index contributed by atoms with van der Waals surface area (Å²) in [6, 6.07) is 3.28. The minimum atomic E-state index is -0.643. The van der Waals surface area contributed by atoms with Gasteiger partial charge < -0.3 is 25.6 Å². The molecule has 1 amide bonds. The number of nitrogens with two attached hydrogens (primary N) is 1. The van der Waals surface area contributed by atoms with Crippen molar-refractivity contribution in [1.82, 2.24) is 0 Å². The Hall–Kier alpha value is -2.96. The van der Waals surface area contributed by atoms with Crippen LogP contribution in [0.25, 0.3) is 5.57 Å². The first kappa shape index (κ1) is 24.1. The van der Waals surface area contributed by atoms with Crippen molar-refractivity contribution < 1.29 is 24.2 Å². The smallest absolute Gasteiger partial charge is 0.343 e. The lowest BCUT2D eigenvalue weighted by molar-refractivity contribution is -0.123. The van der Waals surface area contributed by atoms with E-state index in [0.29, 0.717) is 22.5 Å². The normalized spacial score (nSPS) is 13.6. The molecule has 0 saturated carbocycles.